The average molecular weight is 1010 g/mol. The third-order valence-corrected chi connectivity index (χ3v) is 17.9. The van der Waals surface area contributed by atoms with E-state index in [1.54, 1.807) is 0 Å². The minimum Gasteiger partial charge on any atom is -0.333 e. The number of aromatic nitrogens is 3. The Kier molecular flexibility index (Phi) is 9.27. The zero-order chi connectivity index (χ0) is 52.1. The Bertz CT molecular complexity index is 4920. The molecule has 2 atom stereocenters. The van der Waals surface area contributed by atoms with Gasteiger partial charge in [-0.15, -0.1) is 0 Å². The van der Waals surface area contributed by atoms with Crippen LogP contribution in [0.15, 0.2) is 267 Å². The fourth-order valence-electron chi connectivity index (χ4n) is 14.3. The topological polar surface area (TPSA) is 18.0 Å². The number of hydrogen-bond acceptors (Lipinski definition) is 1. The molecule has 2 aliphatic carbocycles. The van der Waals surface area contributed by atoms with Crippen LogP contribution in [0.1, 0.15) is 36.5 Å². The number of fused-ring (bicyclic) bond motifs is 15. The van der Waals surface area contributed by atoms with Crippen molar-refractivity contribution < 1.29 is 0 Å². The Morgan fingerprint density at radius 3 is 1.47 bits per heavy atom. The van der Waals surface area contributed by atoms with Crippen LogP contribution in [-0.4, -0.2) is 19.7 Å². The number of rotatable bonds is 6. The molecule has 11 aromatic carbocycles. The highest BCUT2D eigenvalue weighted by atomic mass is 15.2. The number of anilines is 2. The summed E-state index contributed by atoms with van der Waals surface area (Å²) in [5, 5.41) is 7.50. The van der Waals surface area contributed by atoms with Gasteiger partial charge in [0.25, 0.3) is 0 Å². The van der Waals surface area contributed by atoms with Crippen molar-refractivity contribution in [1.82, 2.24) is 13.7 Å². The molecule has 17 rings (SSSR count). The van der Waals surface area contributed by atoms with E-state index in [-0.39, 0.29) is 17.4 Å². The molecule has 0 saturated carbocycles. The van der Waals surface area contributed by atoms with E-state index >= 15 is 0 Å². The van der Waals surface area contributed by atoms with E-state index in [2.05, 4.69) is 299 Å². The van der Waals surface area contributed by atoms with Gasteiger partial charge in [-0.25, -0.2) is 0 Å². The molecule has 1 aliphatic heterocycles. The second-order valence-electron chi connectivity index (χ2n) is 22.4. The van der Waals surface area contributed by atoms with Crippen molar-refractivity contribution in [2.45, 2.75) is 31.2 Å². The van der Waals surface area contributed by atoms with Gasteiger partial charge in [-0.1, -0.05) is 172 Å². The van der Waals surface area contributed by atoms with Crippen molar-refractivity contribution in [3.63, 3.8) is 0 Å². The van der Waals surface area contributed by atoms with E-state index in [0.29, 0.717) is 0 Å². The number of hydrogen-bond donors (Lipinski definition) is 0. The van der Waals surface area contributed by atoms with E-state index in [4.69, 9.17) is 0 Å². The van der Waals surface area contributed by atoms with Crippen LogP contribution in [0, 0.1) is 0 Å². The zero-order valence-electron chi connectivity index (χ0n) is 43.8. The molecule has 0 bridgehead atoms. The van der Waals surface area contributed by atoms with Gasteiger partial charge in [0.2, 0.25) is 0 Å². The number of benzene rings is 11. The maximum Gasteiger partial charge on any atom is 0.0631 e. The quantitative estimate of drug-likeness (QED) is 0.162. The van der Waals surface area contributed by atoms with E-state index in [1.165, 1.54) is 133 Å². The lowest BCUT2D eigenvalue weighted by molar-refractivity contribution is 0.661. The predicted octanol–water partition coefficient (Wildman–Crippen LogP) is 19.3. The molecular formula is C75H52N4. The van der Waals surface area contributed by atoms with Crippen molar-refractivity contribution >= 4 is 82.5 Å². The highest BCUT2D eigenvalue weighted by molar-refractivity contribution is 6.17. The smallest absolute Gasteiger partial charge is 0.0631 e. The highest BCUT2D eigenvalue weighted by Gasteiger charge is 2.40. The second kappa shape index (κ2) is 16.6. The Labute approximate surface area is 458 Å². The summed E-state index contributed by atoms with van der Waals surface area (Å²) in [6.45, 7) is 4.89. The second-order valence-corrected chi connectivity index (χ2v) is 22.4. The van der Waals surface area contributed by atoms with E-state index in [9.17, 15) is 0 Å². The SMILES string of the molecule is CC1(C)c2cc3c(cc2-c2cc4c5cc(-c6ccccc6)ccc5n(-c5ccc6c(c5)c5ccccc5n6-c5ccccc5)c4cc21)c1cc(-c2ccccc2)ccc1n3C1=CC2c3ccccc3N(c3ccccc3)C2C=C1. The summed E-state index contributed by atoms with van der Waals surface area (Å²) in [6.07, 6.45) is 7.38. The molecule has 0 fully saturated rings. The lowest BCUT2D eigenvalue weighted by Crippen LogP contribution is -2.29. The monoisotopic (exact) mass is 1010 g/mol. The molecule has 4 nitrogen and oxygen atoms in total. The Balaban J connectivity index is 0.890. The van der Waals surface area contributed by atoms with Gasteiger partial charge in [-0.05, 0) is 159 Å². The fourth-order valence-corrected chi connectivity index (χ4v) is 14.3. The molecule has 79 heavy (non-hydrogen) atoms. The average Bonchev–Trinajstić information content (AvgIpc) is 4.32. The van der Waals surface area contributed by atoms with Crippen molar-refractivity contribution in [1.29, 1.82) is 0 Å². The number of para-hydroxylation sites is 4. The molecule has 3 aliphatic rings. The molecule has 0 spiro atoms. The van der Waals surface area contributed by atoms with E-state index < -0.39 is 0 Å². The molecule has 4 heterocycles. The van der Waals surface area contributed by atoms with Gasteiger partial charge in [0.05, 0.1) is 39.1 Å². The lowest BCUT2D eigenvalue weighted by Gasteiger charge is -2.30. The van der Waals surface area contributed by atoms with Gasteiger partial charge in [-0.2, -0.15) is 0 Å². The maximum atomic E-state index is 2.56. The first-order valence-electron chi connectivity index (χ1n) is 27.7. The summed E-state index contributed by atoms with van der Waals surface area (Å²) < 4.78 is 7.50. The summed E-state index contributed by atoms with van der Waals surface area (Å²) in [5.74, 6) is 0.182. The minimum atomic E-state index is -0.310. The summed E-state index contributed by atoms with van der Waals surface area (Å²) in [7, 11) is 0. The molecule has 0 amide bonds. The first kappa shape index (κ1) is 44.2. The van der Waals surface area contributed by atoms with Crippen molar-refractivity contribution in [3.8, 4) is 44.8 Å². The molecular weight excluding hydrogens is 957 g/mol. The van der Waals surface area contributed by atoms with Crippen LogP contribution in [0.25, 0.3) is 116 Å². The first-order valence-corrected chi connectivity index (χ1v) is 27.7. The predicted molar refractivity (Wildman–Crippen MR) is 332 cm³/mol. The zero-order valence-corrected chi connectivity index (χ0v) is 43.8. The van der Waals surface area contributed by atoms with Gasteiger partial charge < -0.3 is 18.6 Å². The van der Waals surface area contributed by atoms with Gasteiger partial charge in [0.15, 0.2) is 0 Å². The van der Waals surface area contributed by atoms with Crippen molar-refractivity contribution in [3.05, 3.63) is 284 Å². The molecule has 2 unspecified atom stereocenters. The summed E-state index contributed by atoms with van der Waals surface area (Å²) >= 11 is 0. The molecule has 4 heteroatoms. The van der Waals surface area contributed by atoms with Gasteiger partial charge in [0.1, 0.15) is 0 Å². The van der Waals surface area contributed by atoms with Gasteiger partial charge >= 0.3 is 0 Å². The van der Waals surface area contributed by atoms with Crippen LogP contribution in [0.4, 0.5) is 11.4 Å². The maximum absolute atomic E-state index is 2.56. The third kappa shape index (κ3) is 6.37. The standard InChI is InChI=1S/C75H52N4/c1-75(2)65-45-73-63(59-39-49(47-19-7-3-8-20-47)31-35-69(59)78(73)53-33-37-71-61(41-53)55-27-15-17-29-67(55)76(71)51-23-11-5-12-24-51)43-57(65)58-44-64-60-40-50(48-21-9-4-10-22-48)32-36-70(60)79(74(64)46-66(58)75)54-34-38-72-62(42-54)56-28-16-18-30-68(56)77(72)52-25-13-6-14-26-52/h3-46,61,71H,1-2H3. The van der Waals surface area contributed by atoms with Gasteiger partial charge in [-0.3, -0.25) is 0 Å². The van der Waals surface area contributed by atoms with Crippen molar-refractivity contribution in [2.75, 3.05) is 4.90 Å². The molecule has 372 valence electrons. The largest absolute Gasteiger partial charge is 0.333 e. The first-order chi connectivity index (χ1) is 38.9. The Morgan fingerprint density at radius 1 is 0.342 bits per heavy atom. The molecule has 3 aromatic heterocycles. The van der Waals surface area contributed by atoms with Crippen LogP contribution in [0.5, 0.6) is 0 Å². The summed E-state index contributed by atoms with van der Waals surface area (Å²) in [5.41, 5.74) is 24.5. The van der Waals surface area contributed by atoms with E-state index in [0.717, 1.165) is 11.4 Å². The fraction of sp³-hybridized carbons (Fsp3) is 0.0667. The molecule has 0 saturated heterocycles. The van der Waals surface area contributed by atoms with Crippen molar-refractivity contribution in [2.24, 2.45) is 0 Å². The highest BCUT2D eigenvalue weighted by Crippen LogP contribution is 2.55. The van der Waals surface area contributed by atoms with Crippen LogP contribution < -0.4 is 4.90 Å². The van der Waals surface area contributed by atoms with Crippen LogP contribution in [0.2, 0.25) is 0 Å². The molecule has 14 aromatic rings. The number of nitrogens with zero attached hydrogens (tertiary/aromatic N) is 4. The van der Waals surface area contributed by atoms with Crippen LogP contribution in [0.3, 0.4) is 0 Å². The Morgan fingerprint density at radius 2 is 0.823 bits per heavy atom. The normalized spacial score (nSPS) is 16.1. The minimum absolute atomic E-state index is 0.172. The van der Waals surface area contributed by atoms with Crippen LogP contribution >= 0.6 is 0 Å². The molecule has 0 radical (unpaired) electrons. The van der Waals surface area contributed by atoms with E-state index in [1.807, 2.05) is 0 Å². The Hall–Kier alpha value is -9.90. The number of allylic oxidation sites excluding steroid dienone is 2. The third-order valence-electron chi connectivity index (χ3n) is 17.9. The lowest BCUT2D eigenvalue weighted by atomic mass is 9.82. The molecule has 0 N–H and O–H groups in total. The summed E-state index contributed by atoms with van der Waals surface area (Å²) in [4.78, 5) is 2.52. The van der Waals surface area contributed by atoms with Crippen LogP contribution in [-0.2, 0) is 5.41 Å². The summed E-state index contributed by atoms with van der Waals surface area (Å²) in [6, 6.07) is 92.8. The van der Waals surface area contributed by atoms with Gasteiger partial charge in [0, 0.05) is 72.1 Å².